The summed E-state index contributed by atoms with van der Waals surface area (Å²) < 4.78 is 0. The van der Waals surface area contributed by atoms with Gasteiger partial charge in [-0.1, -0.05) is 170 Å². The summed E-state index contributed by atoms with van der Waals surface area (Å²) in [5.41, 5.74) is 30.4. The van der Waals surface area contributed by atoms with E-state index in [1.165, 1.54) is 0 Å². The quantitative estimate of drug-likeness (QED) is 0.0227. The molecule has 13 amide bonds. The van der Waals surface area contributed by atoms with E-state index in [9.17, 15) is 106 Å². The maximum absolute atomic E-state index is 14.6. The van der Waals surface area contributed by atoms with E-state index in [4.69, 9.17) is 34.4 Å². The number of nitrogens with two attached hydrogens (primary N) is 6. The van der Waals surface area contributed by atoms with E-state index >= 15 is 0 Å². The van der Waals surface area contributed by atoms with Gasteiger partial charge in [0.1, 0.15) is 34.7 Å². The summed E-state index contributed by atoms with van der Waals surface area (Å²) in [6.07, 6.45) is 8.01. The molecule has 1 unspecified atom stereocenters. The number of ketones is 3. The van der Waals surface area contributed by atoms with Crippen LogP contribution in [0.3, 0.4) is 0 Å². The van der Waals surface area contributed by atoms with Crippen molar-refractivity contribution in [2.75, 3.05) is 52.4 Å². The second kappa shape index (κ2) is 57.7. The summed E-state index contributed by atoms with van der Waals surface area (Å²) in [6, 6.07) is 20.1. The normalized spacial score (nSPS) is 24.2. The Kier molecular flexibility index (Phi) is 46.7. The molecule has 3 spiro atoms. The minimum atomic E-state index is -1.57. The van der Waals surface area contributed by atoms with Crippen LogP contribution in [0.15, 0.2) is 106 Å². The number of piperidine rings is 1. The topological polar surface area (TPSA) is 726 Å². The Morgan fingerprint density at radius 2 is 0.746 bits per heavy atom. The number of aliphatic imine (C=N–C) groups is 3. The molecule has 4 aliphatic heterocycles. The molecule has 0 aromatic heterocycles. The summed E-state index contributed by atoms with van der Waals surface area (Å²) in [7, 11) is 0. The molecule has 142 heavy (non-hydrogen) atoms. The van der Waals surface area contributed by atoms with Gasteiger partial charge in [-0.15, -0.1) is 0 Å². The van der Waals surface area contributed by atoms with Gasteiger partial charge < -0.3 is 118 Å². The zero-order chi connectivity index (χ0) is 104. The number of hydrogen-bond donors (Lipinski definition) is 21. The lowest BCUT2D eigenvalue weighted by molar-refractivity contribution is -0.143. The molecule has 0 radical (unpaired) electrons. The van der Waals surface area contributed by atoms with Crippen molar-refractivity contribution in [3.05, 3.63) is 108 Å². The maximum atomic E-state index is 14.6. The Balaban J connectivity index is 0.000000291. The van der Waals surface area contributed by atoms with Gasteiger partial charge in [0, 0.05) is 58.4 Å². The highest BCUT2D eigenvalue weighted by molar-refractivity contribution is 6.03. The van der Waals surface area contributed by atoms with Crippen molar-refractivity contribution in [3.8, 4) is 0 Å². The number of rotatable bonds is 31. The van der Waals surface area contributed by atoms with E-state index < -0.39 is 235 Å². The highest BCUT2D eigenvalue weighted by atomic mass is 16.4. The number of benzene rings is 3. The molecule has 3 aromatic carbocycles. The van der Waals surface area contributed by atoms with Gasteiger partial charge in [-0.05, 0) is 137 Å². The average Bonchev–Trinajstić information content (AvgIpc) is 0.793. The molecule has 0 bridgehead atoms. The summed E-state index contributed by atoms with van der Waals surface area (Å²) in [4.78, 5) is 266. The average molecular weight is 1980 g/mol. The fraction of sp³-hybridized carbons (Fsp3) is 0.592. The number of carbonyl (C=O) groups is 19. The van der Waals surface area contributed by atoms with Crippen molar-refractivity contribution < 1.29 is 106 Å². The number of Topliss-reactive ketones (excluding diaryl/α,β-unsaturated/α-hetero) is 3. The van der Waals surface area contributed by atoms with Crippen LogP contribution in [-0.4, -0.2) is 255 Å². The van der Waals surface area contributed by atoms with E-state index in [-0.39, 0.29) is 132 Å². The number of nitrogens with zero attached hydrogens (tertiary/aromatic N) is 4. The molecule has 6 aliphatic rings. The van der Waals surface area contributed by atoms with Gasteiger partial charge >= 0.3 is 17.9 Å². The number of amides is 13. The van der Waals surface area contributed by atoms with Gasteiger partial charge in [-0.3, -0.25) is 106 Å². The van der Waals surface area contributed by atoms with E-state index in [2.05, 4.69) is 85.7 Å². The van der Waals surface area contributed by atoms with Crippen LogP contribution in [0.4, 0.5) is 0 Å². The van der Waals surface area contributed by atoms with Gasteiger partial charge in [-0.2, -0.15) is 0 Å². The molecule has 4 saturated heterocycles. The predicted octanol–water partition coefficient (Wildman–Crippen LogP) is -0.0992. The minimum absolute atomic E-state index is 0.0319. The number of unbranched alkanes of at least 4 members (excludes halogenated alkanes) is 4. The van der Waals surface area contributed by atoms with E-state index in [1.807, 2.05) is 32.9 Å². The monoisotopic (exact) mass is 1980 g/mol. The van der Waals surface area contributed by atoms with Crippen LogP contribution in [-0.2, 0) is 110 Å². The van der Waals surface area contributed by atoms with Crippen LogP contribution >= 0.6 is 0 Å². The number of likely N-dealkylation sites (tertiary alicyclic amines) is 1. The Morgan fingerprint density at radius 3 is 1.08 bits per heavy atom. The van der Waals surface area contributed by atoms with Crippen LogP contribution in [0.2, 0.25) is 0 Å². The first-order chi connectivity index (χ1) is 67.5. The van der Waals surface area contributed by atoms with Crippen molar-refractivity contribution >= 4 is 130 Å². The molecule has 12 atom stereocenters. The zero-order valence-corrected chi connectivity index (χ0v) is 81.5. The van der Waals surface area contributed by atoms with Crippen LogP contribution in [0.5, 0.6) is 0 Å². The molecule has 44 heteroatoms. The Labute approximate surface area is 825 Å². The Bertz CT molecular complexity index is 4940. The molecule has 9 rings (SSSR count). The first-order valence-electron chi connectivity index (χ1n) is 48.9. The SMILES string of the molecule is CC(C)[C@H]1CC[C@H](C)CC12NC(=O)[C@H](CCCN=C(N)N)NC(=O)CNC(=O)[C@H](CC(=O)O)CC(=O)[C@@H](Cc1ccccc1)NC2=O.CCCCCCCC(=O)N1CCC2(CC1)NC(=O)[C@H](CCCN=C(N)N)NC(=O)CNC(=O)[C@H](CC(=O)O)CC(=O)[C@@H](Cc1ccccc1)NC2=O.NC(N)=NCCC[C@@H]1NC(=O)CNC(=O)[C@H](CC(=O)O)CC(=O)[C@@H](Cc2ccccc2)NC(=O)C2(CCCCC2)NC1=O. The number of guanidine groups is 3. The molecule has 2 saturated carbocycles. The lowest BCUT2D eigenvalue weighted by atomic mass is 9.64. The highest BCUT2D eigenvalue weighted by Crippen LogP contribution is 2.42. The molecule has 2 aliphatic carbocycles. The molecule has 27 N–H and O–H groups in total. The smallest absolute Gasteiger partial charge is 0.304 e. The van der Waals surface area contributed by atoms with Crippen molar-refractivity contribution in [2.24, 2.45) is 84.9 Å². The number of hydrogen-bond acceptors (Lipinski definition) is 22. The summed E-state index contributed by atoms with van der Waals surface area (Å²) >= 11 is 0. The van der Waals surface area contributed by atoms with Gasteiger partial charge in [0.2, 0.25) is 76.8 Å². The predicted molar refractivity (Wildman–Crippen MR) is 523 cm³/mol. The third-order valence-corrected chi connectivity index (χ3v) is 26.3. The fourth-order valence-corrected chi connectivity index (χ4v) is 18.7. The van der Waals surface area contributed by atoms with E-state index in [1.54, 1.807) is 83.8 Å². The van der Waals surface area contributed by atoms with Crippen molar-refractivity contribution in [1.29, 1.82) is 0 Å². The van der Waals surface area contributed by atoms with Gasteiger partial charge in [0.05, 0.1) is 74.8 Å². The molecular formula is C98H144N22O22. The standard InChI is InChI=1S/C36H54N8O8.C33H49N7O7.C29H41N7O7/c1-2-3-4-5-9-14-30(47)44-18-15-36(16-19-44)34(52)42-27(20-24-11-7-6-8-12-24)28(45)21-25(22-31(48)49)32(50)40-23-29(46)41-26(33(51)43-36)13-10-17-39-35(37)38;1-19(2)23-12-11-20(3)17-33(23)31(47)39-25(14-21-8-5-4-6-9-21)26(41)15-22(16-28(43)44)29(45)37-18-27(42)38-24(30(46)40-33)10-7-13-36-32(34)35;30-28(31)32-13-7-10-20-26(42)36-29(11-5-2-6-12-29)27(43)35-21(14-18-8-3-1-4-9-18)22(37)15-19(16-24(39)40)25(41)33-17-23(38)34-20/h6-8,11-12,25-27H,2-5,9-10,13-23H2,1H3,(H,40,50)(H,41,46)(H,42,52)(H,43,51)(H,48,49)(H4,37,38,39);4-6,8-9,19-20,22-25H,7,10-18H2,1-3H3,(H,37,45)(H,38,42)(H,39,47)(H,40,46)(H,43,44)(H4,34,35,36);1,3-4,8-9,19-21H,2,5-7,10-17H2,(H,33,41)(H,34,38)(H,35,43)(H,36,42)(H,39,40)(H4,30,31,32)/t25-,26-,27+;20-,22-,23+,24-,25+,33?;19-,20-,21+/m000/s1. The number of nitrogens with one attached hydrogen (secondary N) is 12. The first-order valence-corrected chi connectivity index (χ1v) is 48.9. The van der Waals surface area contributed by atoms with E-state index in [0.29, 0.717) is 63.4 Å². The number of carbonyl (C=O) groups excluding carboxylic acids is 16. The Hall–Kier alpha value is -14.0. The van der Waals surface area contributed by atoms with Crippen LogP contribution < -0.4 is 98.2 Å². The fourth-order valence-electron chi connectivity index (χ4n) is 18.7. The highest BCUT2D eigenvalue weighted by Gasteiger charge is 2.54. The lowest BCUT2D eigenvalue weighted by Gasteiger charge is -2.48. The zero-order valence-electron chi connectivity index (χ0n) is 81.5. The summed E-state index contributed by atoms with van der Waals surface area (Å²) in [5.74, 6) is -18.4. The molecule has 44 nitrogen and oxygen atoms in total. The third kappa shape index (κ3) is 37.9. The van der Waals surface area contributed by atoms with Gasteiger partial charge in [0.25, 0.3) is 0 Å². The summed E-state index contributed by atoms with van der Waals surface area (Å²) in [5, 5.41) is 60.9. The van der Waals surface area contributed by atoms with Crippen molar-refractivity contribution in [1.82, 2.24) is 68.7 Å². The lowest BCUT2D eigenvalue weighted by Crippen LogP contribution is -2.69. The summed E-state index contributed by atoms with van der Waals surface area (Å²) in [6.45, 7) is 7.26. The molecular weight excluding hydrogens is 1840 g/mol. The second-order valence-corrected chi connectivity index (χ2v) is 37.8. The Morgan fingerprint density at radius 1 is 0.408 bits per heavy atom. The van der Waals surface area contributed by atoms with Crippen LogP contribution in [0.25, 0.3) is 0 Å². The first kappa shape index (κ1) is 115. The molecule has 778 valence electrons. The number of aliphatic carboxylic acids is 3. The minimum Gasteiger partial charge on any atom is -0.481 e. The third-order valence-electron chi connectivity index (χ3n) is 26.3. The largest absolute Gasteiger partial charge is 0.481 e. The van der Waals surface area contributed by atoms with Crippen LogP contribution in [0, 0.1) is 35.5 Å². The molecule has 4 heterocycles. The van der Waals surface area contributed by atoms with Crippen LogP contribution in [0.1, 0.15) is 224 Å². The van der Waals surface area contributed by atoms with Gasteiger partial charge in [-0.25, -0.2) is 0 Å². The van der Waals surface area contributed by atoms with Crippen molar-refractivity contribution in [3.63, 3.8) is 0 Å². The molecule has 3 aromatic rings. The molecule has 6 fully saturated rings. The number of carboxylic acid groups (broad SMARTS) is 3. The second-order valence-electron chi connectivity index (χ2n) is 37.8. The van der Waals surface area contributed by atoms with Gasteiger partial charge in [0.15, 0.2) is 35.2 Å². The number of carboxylic acids is 3. The van der Waals surface area contributed by atoms with E-state index in [0.717, 1.165) is 56.1 Å². The van der Waals surface area contributed by atoms with Crippen molar-refractivity contribution in [2.45, 2.75) is 280 Å². The maximum Gasteiger partial charge on any atom is 0.304 e.